The van der Waals surface area contributed by atoms with Gasteiger partial charge in [0.25, 0.3) is 5.56 Å². The molecule has 1 aromatic carbocycles. The molecule has 0 amide bonds. The Bertz CT molecular complexity index is 1670. The second-order valence-corrected chi connectivity index (χ2v) is 8.49. The second kappa shape index (κ2) is 7.71. The maximum atomic E-state index is 13.6. The molecule has 32 heavy (non-hydrogen) atoms. The van der Waals surface area contributed by atoms with E-state index < -0.39 is 11.2 Å². The van der Waals surface area contributed by atoms with Crippen molar-refractivity contribution in [3.05, 3.63) is 68.6 Å². The van der Waals surface area contributed by atoms with E-state index >= 15 is 0 Å². The Morgan fingerprint density at radius 3 is 2.81 bits per heavy atom. The van der Waals surface area contributed by atoms with Crippen LogP contribution in [0.5, 0.6) is 0 Å². The van der Waals surface area contributed by atoms with Crippen LogP contribution in [-0.4, -0.2) is 29.1 Å². The van der Waals surface area contributed by atoms with Crippen molar-refractivity contribution in [3.63, 3.8) is 0 Å². The molecule has 0 aliphatic carbocycles. The minimum atomic E-state index is -0.559. The summed E-state index contributed by atoms with van der Waals surface area (Å²) in [5.41, 5.74) is 1.45. The van der Waals surface area contributed by atoms with Gasteiger partial charge in [0.15, 0.2) is 0 Å². The molecular weight excluding hydrogens is 450 g/mol. The third-order valence-electron chi connectivity index (χ3n) is 5.14. The predicted molar refractivity (Wildman–Crippen MR) is 122 cm³/mol. The first-order valence-electron chi connectivity index (χ1n) is 9.56. The van der Waals surface area contributed by atoms with Gasteiger partial charge in [0, 0.05) is 29.1 Å². The standard InChI is InChI=1S/C21H14ClN7O2S/c1-27-18-14(25-26-27)10-24-11-16(18)29-20(30)19-15(28(21(29)31)8-4-7-23)9-17(32-19)12-5-2-3-6-13(12)22/h2-3,5-6,9-11H,4,8H2,1H3. The van der Waals surface area contributed by atoms with Gasteiger partial charge in [0.1, 0.15) is 15.7 Å². The maximum Gasteiger partial charge on any atom is 0.336 e. The van der Waals surface area contributed by atoms with Gasteiger partial charge >= 0.3 is 5.69 Å². The molecule has 4 aromatic heterocycles. The van der Waals surface area contributed by atoms with Crippen LogP contribution < -0.4 is 11.2 Å². The van der Waals surface area contributed by atoms with E-state index in [1.807, 2.05) is 18.2 Å². The Morgan fingerprint density at radius 1 is 1.22 bits per heavy atom. The zero-order valence-electron chi connectivity index (χ0n) is 16.7. The van der Waals surface area contributed by atoms with E-state index in [4.69, 9.17) is 16.9 Å². The van der Waals surface area contributed by atoms with Crippen LogP contribution in [0, 0.1) is 11.3 Å². The fourth-order valence-electron chi connectivity index (χ4n) is 3.69. The molecule has 0 aliphatic rings. The minimum absolute atomic E-state index is 0.111. The summed E-state index contributed by atoms with van der Waals surface area (Å²) < 4.78 is 4.39. The van der Waals surface area contributed by atoms with E-state index in [2.05, 4.69) is 21.4 Å². The summed E-state index contributed by atoms with van der Waals surface area (Å²) in [6.45, 7) is 0.137. The number of nitriles is 1. The number of aryl methyl sites for hydroxylation is 2. The van der Waals surface area contributed by atoms with Crippen LogP contribution in [0.4, 0.5) is 0 Å². The number of thiophene rings is 1. The molecule has 0 atom stereocenters. The van der Waals surface area contributed by atoms with E-state index in [-0.39, 0.29) is 18.7 Å². The summed E-state index contributed by atoms with van der Waals surface area (Å²) in [5, 5.41) is 17.7. The van der Waals surface area contributed by atoms with Gasteiger partial charge in [-0.15, -0.1) is 16.4 Å². The molecule has 5 aromatic rings. The van der Waals surface area contributed by atoms with E-state index in [1.54, 1.807) is 19.2 Å². The number of fused-ring (bicyclic) bond motifs is 2. The van der Waals surface area contributed by atoms with Gasteiger partial charge in [-0.25, -0.2) is 14.0 Å². The van der Waals surface area contributed by atoms with Crippen molar-refractivity contribution in [1.82, 2.24) is 29.1 Å². The van der Waals surface area contributed by atoms with Crippen molar-refractivity contribution in [1.29, 1.82) is 5.26 Å². The second-order valence-electron chi connectivity index (χ2n) is 7.03. The average Bonchev–Trinajstić information content (AvgIpc) is 3.39. The highest BCUT2D eigenvalue weighted by atomic mass is 35.5. The number of aromatic nitrogens is 6. The van der Waals surface area contributed by atoms with Crippen LogP contribution in [0.15, 0.2) is 52.3 Å². The lowest BCUT2D eigenvalue weighted by Crippen LogP contribution is -2.38. The number of benzene rings is 1. The summed E-state index contributed by atoms with van der Waals surface area (Å²) in [5.74, 6) is 0. The van der Waals surface area contributed by atoms with Gasteiger partial charge in [-0.05, 0) is 12.1 Å². The summed E-state index contributed by atoms with van der Waals surface area (Å²) in [4.78, 5) is 32.0. The number of nitrogens with zero attached hydrogens (tertiary/aromatic N) is 7. The minimum Gasteiger partial charge on any atom is -0.291 e. The molecule has 5 rings (SSSR count). The molecule has 0 saturated carbocycles. The van der Waals surface area contributed by atoms with Crippen LogP contribution in [0.3, 0.4) is 0 Å². The van der Waals surface area contributed by atoms with E-state index in [1.165, 1.54) is 33.0 Å². The number of hydrogen-bond donors (Lipinski definition) is 0. The molecule has 0 radical (unpaired) electrons. The highest BCUT2D eigenvalue weighted by Crippen LogP contribution is 2.35. The third kappa shape index (κ3) is 3.02. The largest absolute Gasteiger partial charge is 0.336 e. The monoisotopic (exact) mass is 463 g/mol. The SMILES string of the molecule is Cn1nnc2cncc(-n3c(=O)c4sc(-c5ccccc5Cl)cc4n(CCC#N)c3=O)c21. The Kier molecular flexibility index (Phi) is 4.84. The molecule has 0 fully saturated rings. The van der Waals surface area contributed by atoms with E-state index in [0.29, 0.717) is 26.3 Å². The van der Waals surface area contributed by atoms with Crippen molar-refractivity contribution >= 4 is 44.2 Å². The molecule has 11 heteroatoms. The van der Waals surface area contributed by atoms with Crippen molar-refractivity contribution in [2.45, 2.75) is 13.0 Å². The molecule has 0 saturated heterocycles. The molecule has 158 valence electrons. The molecule has 0 aliphatic heterocycles. The summed E-state index contributed by atoms with van der Waals surface area (Å²) >= 11 is 7.61. The van der Waals surface area contributed by atoms with Crippen LogP contribution in [0.1, 0.15) is 6.42 Å². The maximum absolute atomic E-state index is 13.6. The lowest BCUT2D eigenvalue weighted by Gasteiger charge is -2.11. The van der Waals surface area contributed by atoms with Gasteiger partial charge < -0.3 is 0 Å². The number of pyridine rings is 1. The predicted octanol–water partition coefficient (Wildman–Crippen LogP) is 3.12. The third-order valence-corrected chi connectivity index (χ3v) is 6.61. The number of halogens is 1. The van der Waals surface area contributed by atoms with Gasteiger partial charge in [-0.3, -0.25) is 14.3 Å². The van der Waals surface area contributed by atoms with Crippen LogP contribution in [0.25, 0.3) is 37.4 Å². The van der Waals surface area contributed by atoms with Crippen LogP contribution >= 0.6 is 22.9 Å². The Morgan fingerprint density at radius 2 is 2.03 bits per heavy atom. The van der Waals surface area contributed by atoms with Crippen LogP contribution in [0.2, 0.25) is 5.02 Å². The summed E-state index contributed by atoms with van der Waals surface area (Å²) in [7, 11) is 1.68. The first-order valence-corrected chi connectivity index (χ1v) is 10.8. The fourth-order valence-corrected chi connectivity index (χ4v) is 5.12. The van der Waals surface area contributed by atoms with E-state index in [0.717, 1.165) is 15.0 Å². The fraction of sp³-hybridized carbons (Fsp3) is 0.143. The van der Waals surface area contributed by atoms with Gasteiger partial charge in [0.05, 0.1) is 36.1 Å². The van der Waals surface area contributed by atoms with Crippen molar-refractivity contribution in [2.24, 2.45) is 7.05 Å². The normalized spacial score (nSPS) is 11.3. The lowest BCUT2D eigenvalue weighted by molar-refractivity contribution is 0.661. The average molecular weight is 464 g/mol. The highest BCUT2D eigenvalue weighted by Gasteiger charge is 2.21. The van der Waals surface area contributed by atoms with Gasteiger partial charge in [-0.1, -0.05) is 35.0 Å². The first-order chi connectivity index (χ1) is 15.5. The van der Waals surface area contributed by atoms with Gasteiger partial charge in [-0.2, -0.15) is 5.26 Å². The van der Waals surface area contributed by atoms with Crippen molar-refractivity contribution < 1.29 is 0 Å². The smallest absolute Gasteiger partial charge is 0.291 e. The van der Waals surface area contributed by atoms with Crippen LogP contribution in [-0.2, 0) is 13.6 Å². The highest BCUT2D eigenvalue weighted by molar-refractivity contribution is 7.22. The molecule has 0 spiro atoms. The van der Waals surface area contributed by atoms with Gasteiger partial charge in [0.2, 0.25) is 0 Å². The number of hydrogen-bond acceptors (Lipinski definition) is 7. The molecule has 4 heterocycles. The molecule has 0 bridgehead atoms. The van der Waals surface area contributed by atoms with Crippen molar-refractivity contribution in [2.75, 3.05) is 0 Å². The Balaban J connectivity index is 1.88. The zero-order valence-corrected chi connectivity index (χ0v) is 18.3. The lowest BCUT2D eigenvalue weighted by atomic mass is 10.2. The Labute approximate surface area is 189 Å². The van der Waals surface area contributed by atoms with Crippen molar-refractivity contribution in [3.8, 4) is 22.2 Å². The molecule has 0 N–H and O–H groups in total. The molecule has 9 nitrogen and oxygen atoms in total. The summed E-state index contributed by atoms with van der Waals surface area (Å²) in [6, 6.07) is 11.1. The number of rotatable bonds is 4. The summed E-state index contributed by atoms with van der Waals surface area (Å²) in [6.07, 6.45) is 3.07. The zero-order chi connectivity index (χ0) is 22.4. The molecular formula is C21H14ClN7O2S. The first kappa shape index (κ1) is 20.1. The quantitative estimate of drug-likeness (QED) is 0.405. The topological polar surface area (TPSA) is 111 Å². The molecule has 0 unspecified atom stereocenters. The van der Waals surface area contributed by atoms with E-state index in [9.17, 15) is 9.59 Å². The Hall–Kier alpha value is -3.81.